The number of aromatic nitrogens is 2. The van der Waals surface area contributed by atoms with Gasteiger partial charge in [0.1, 0.15) is 48.0 Å². The van der Waals surface area contributed by atoms with Crippen molar-refractivity contribution in [1.82, 2.24) is 52.5 Å². The Morgan fingerprint density at radius 1 is 0.568 bits per heavy atom. The number of aromatic amines is 1. The summed E-state index contributed by atoms with van der Waals surface area (Å²) in [5.41, 5.74) is 18.4. The molecule has 0 fully saturated rings. The molecule has 1 heterocycles. The maximum atomic E-state index is 14.5. The predicted molar refractivity (Wildman–Crippen MR) is 297 cm³/mol. The molecule has 8 atom stereocenters. The normalized spacial score (nSPS) is 14.1. The van der Waals surface area contributed by atoms with Crippen molar-refractivity contribution in [2.24, 2.45) is 39.9 Å². The van der Waals surface area contributed by atoms with Gasteiger partial charge in [0.15, 0.2) is 5.96 Å². The van der Waals surface area contributed by atoms with Crippen molar-refractivity contribution in [2.75, 3.05) is 13.1 Å². The first kappa shape index (κ1) is 66.7. The minimum atomic E-state index is -1.75. The fraction of sp³-hybridized carbons (Fsp3) is 0.519. The zero-order chi connectivity index (χ0) is 60.3. The van der Waals surface area contributed by atoms with E-state index in [9.17, 15) is 63.3 Å². The summed E-state index contributed by atoms with van der Waals surface area (Å²) in [5, 5.41) is 49.5. The van der Waals surface area contributed by atoms with Crippen LogP contribution in [-0.4, -0.2) is 152 Å². The number of rotatable bonds is 35. The summed E-state index contributed by atoms with van der Waals surface area (Å²) in [6.45, 7) is 10.1. The van der Waals surface area contributed by atoms with Crippen molar-refractivity contribution in [3.05, 3.63) is 83.9 Å². The quantitative estimate of drug-likeness (QED) is 0.0186. The first-order valence-corrected chi connectivity index (χ1v) is 26.6. The average Bonchev–Trinajstić information content (AvgIpc) is 3.92. The van der Waals surface area contributed by atoms with Gasteiger partial charge in [-0.05, 0) is 73.1 Å². The van der Waals surface area contributed by atoms with Crippen LogP contribution < -0.4 is 59.7 Å². The van der Waals surface area contributed by atoms with E-state index in [1.54, 1.807) is 58.0 Å². The van der Waals surface area contributed by atoms with E-state index in [-0.39, 0.29) is 81.0 Å². The van der Waals surface area contributed by atoms with Crippen molar-refractivity contribution >= 4 is 65.2 Å². The number of carboxylic acids is 2. The molecule has 8 amide bonds. The van der Waals surface area contributed by atoms with Crippen LogP contribution in [0.15, 0.2) is 72.1 Å². The maximum absolute atomic E-state index is 14.5. The molecule has 1 aromatic heterocycles. The second-order valence-corrected chi connectivity index (χ2v) is 20.9. The van der Waals surface area contributed by atoms with Gasteiger partial charge in [0, 0.05) is 37.7 Å². The van der Waals surface area contributed by atoms with Crippen LogP contribution in [0.5, 0.6) is 5.75 Å². The molecule has 444 valence electrons. The van der Waals surface area contributed by atoms with Crippen LogP contribution in [0.3, 0.4) is 0 Å². The minimum absolute atomic E-state index is 0.00388. The highest BCUT2D eigenvalue weighted by molar-refractivity contribution is 5.98. The summed E-state index contributed by atoms with van der Waals surface area (Å²) >= 11 is 0. The number of amides is 8. The molecule has 2 aromatic carbocycles. The number of nitrogens with two attached hydrogens (primary N) is 3. The van der Waals surface area contributed by atoms with Crippen molar-refractivity contribution < 1.29 is 63.3 Å². The highest BCUT2D eigenvalue weighted by Crippen LogP contribution is 2.15. The molecule has 3 rings (SSSR count). The number of aromatic hydroxyl groups is 1. The number of guanidine groups is 1. The number of phenols is 1. The SMILES string of the molecule is CC(C)C[C@H](NC(=O)[C@H](CC(=O)O)NC(=O)CNC(=O)[C@H](Cc1ccc(O)cc1)NC(=O)[C@H](Cc1cnc[nH]1)NC(=O)[C@H](CC(C)C)NC(=O)[C@H](Cc1ccccc1)NC(=O)[C@H](CC(C)C)NC(=O)[C@@H](N)CCCN=C(N)N)C(=O)O. The van der Waals surface area contributed by atoms with Gasteiger partial charge < -0.3 is 80.0 Å². The van der Waals surface area contributed by atoms with Crippen molar-refractivity contribution in [2.45, 2.75) is 148 Å². The van der Waals surface area contributed by atoms with E-state index in [2.05, 4.69) is 57.5 Å². The van der Waals surface area contributed by atoms with Gasteiger partial charge in [-0.3, -0.25) is 48.1 Å². The van der Waals surface area contributed by atoms with Gasteiger partial charge in [-0.25, -0.2) is 9.78 Å². The number of H-pyrrole nitrogens is 1. The third-order valence-corrected chi connectivity index (χ3v) is 12.3. The lowest BCUT2D eigenvalue weighted by atomic mass is 9.99. The summed E-state index contributed by atoms with van der Waals surface area (Å²) in [4.78, 5) is 145. The van der Waals surface area contributed by atoms with E-state index in [4.69, 9.17) is 17.2 Å². The van der Waals surface area contributed by atoms with Crippen molar-refractivity contribution in [3.8, 4) is 5.75 Å². The molecule has 27 heteroatoms. The minimum Gasteiger partial charge on any atom is -0.508 e. The molecule has 0 aliphatic carbocycles. The number of carbonyl (C=O) groups excluding carboxylic acids is 8. The van der Waals surface area contributed by atoms with E-state index in [1.165, 1.54) is 36.8 Å². The lowest BCUT2D eigenvalue weighted by molar-refractivity contribution is -0.144. The van der Waals surface area contributed by atoms with E-state index in [0.717, 1.165) is 0 Å². The van der Waals surface area contributed by atoms with Crippen LogP contribution in [0.25, 0.3) is 0 Å². The van der Waals surface area contributed by atoms with Crippen LogP contribution in [0.2, 0.25) is 0 Å². The number of nitrogens with one attached hydrogen (secondary N) is 9. The molecule has 18 N–H and O–H groups in total. The standard InChI is InChI=1S/C54H80N14O13/c1-29(2)19-37(63-46(73)36(55)13-10-18-59-54(56)57)48(75)66-40(22-32-11-8-7-9-12-32)50(77)64-38(20-30(3)4)49(76)67-41(24-34-26-58-28-61-34)51(78)65-39(23-33-14-16-35(69)17-15-33)47(74)60-27-44(70)62-42(25-45(71)72)52(79)68-43(53(80)81)21-31(5)6/h7-9,11-12,14-17,26,28-31,36-43,69H,10,13,18-25,27,55H2,1-6H3,(H,58,61)(H,60,74)(H,62,70)(H,63,73)(H,64,77)(H,65,78)(H,66,75)(H,67,76)(H,68,79)(H,71,72)(H,80,81)(H4,56,57,59)/t36-,37-,38-,39-,40-,41-,42-,43-/m0/s1. The van der Waals surface area contributed by atoms with Crippen molar-refractivity contribution in [1.29, 1.82) is 0 Å². The molecule has 27 nitrogen and oxygen atoms in total. The smallest absolute Gasteiger partial charge is 0.326 e. The first-order valence-electron chi connectivity index (χ1n) is 26.6. The van der Waals surface area contributed by atoms with Gasteiger partial charge in [0.25, 0.3) is 0 Å². The van der Waals surface area contributed by atoms with Gasteiger partial charge in [0.05, 0.1) is 25.3 Å². The zero-order valence-corrected chi connectivity index (χ0v) is 46.5. The molecule has 0 bridgehead atoms. The van der Waals surface area contributed by atoms with Crippen molar-refractivity contribution in [3.63, 3.8) is 0 Å². The maximum Gasteiger partial charge on any atom is 0.326 e. The second-order valence-electron chi connectivity index (χ2n) is 20.9. The monoisotopic (exact) mass is 1130 g/mol. The van der Waals surface area contributed by atoms with Gasteiger partial charge in [-0.2, -0.15) is 0 Å². The highest BCUT2D eigenvalue weighted by atomic mass is 16.4. The summed E-state index contributed by atoms with van der Waals surface area (Å²) < 4.78 is 0. The lowest BCUT2D eigenvalue weighted by Crippen LogP contribution is -2.60. The van der Waals surface area contributed by atoms with E-state index in [1.807, 2.05) is 13.8 Å². The number of phenolic OH excluding ortho intramolecular Hbond substituents is 1. The Kier molecular flexibility index (Phi) is 27.8. The Hall–Kier alpha value is -8.62. The number of carbonyl (C=O) groups is 10. The fourth-order valence-corrected chi connectivity index (χ4v) is 8.27. The van der Waals surface area contributed by atoms with E-state index >= 15 is 0 Å². The number of benzene rings is 2. The third kappa shape index (κ3) is 25.4. The number of hydrogen-bond acceptors (Lipinski definition) is 14. The number of imidazole rings is 1. The van der Waals surface area contributed by atoms with Crippen LogP contribution in [-0.2, 0) is 67.2 Å². The molecule has 0 saturated carbocycles. The van der Waals surface area contributed by atoms with Crippen LogP contribution in [0.1, 0.15) is 96.9 Å². The summed E-state index contributed by atoms with van der Waals surface area (Å²) in [5.74, 6) is -10.5. The molecule has 0 unspecified atom stereocenters. The van der Waals surface area contributed by atoms with Gasteiger partial charge in [-0.15, -0.1) is 0 Å². The summed E-state index contributed by atoms with van der Waals surface area (Å²) in [7, 11) is 0. The Morgan fingerprint density at radius 3 is 1.52 bits per heavy atom. The van der Waals surface area contributed by atoms with Crippen LogP contribution in [0.4, 0.5) is 0 Å². The highest BCUT2D eigenvalue weighted by Gasteiger charge is 2.35. The fourth-order valence-electron chi connectivity index (χ4n) is 8.27. The first-order chi connectivity index (χ1) is 38.2. The predicted octanol–water partition coefficient (Wildman–Crippen LogP) is -1.27. The number of nitrogens with zero attached hydrogens (tertiary/aromatic N) is 2. The molecular weight excluding hydrogens is 1050 g/mol. The summed E-state index contributed by atoms with van der Waals surface area (Å²) in [6, 6.07) is 3.52. The Balaban J connectivity index is 1.91. The molecular formula is C54H80N14O13. The van der Waals surface area contributed by atoms with Crippen LogP contribution >= 0.6 is 0 Å². The average molecular weight is 1130 g/mol. The molecule has 3 aromatic rings. The second kappa shape index (κ2) is 33.7. The molecule has 0 aliphatic heterocycles. The molecule has 0 saturated heterocycles. The Morgan fingerprint density at radius 2 is 1.02 bits per heavy atom. The topological polar surface area (TPSA) is 447 Å². The number of carboxylic acid groups (broad SMARTS) is 2. The Bertz CT molecular complexity index is 2590. The Labute approximate surface area is 470 Å². The van der Waals surface area contributed by atoms with E-state index in [0.29, 0.717) is 23.2 Å². The summed E-state index contributed by atoms with van der Waals surface area (Å²) in [6.07, 6.45) is 2.11. The number of aliphatic imine (C=N–C) groups is 1. The zero-order valence-electron chi connectivity index (χ0n) is 46.5. The number of aliphatic carboxylic acids is 2. The third-order valence-electron chi connectivity index (χ3n) is 12.3. The molecule has 81 heavy (non-hydrogen) atoms. The molecule has 0 spiro atoms. The molecule has 0 radical (unpaired) electrons. The number of hydrogen-bond donors (Lipinski definition) is 15. The van der Waals surface area contributed by atoms with Gasteiger partial charge in [0.2, 0.25) is 47.3 Å². The molecule has 0 aliphatic rings. The largest absolute Gasteiger partial charge is 0.508 e. The van der Waals surface area contributed by atoms with Crippen LogP contribution in [0, 0.1) is 17.8 Å². The lowest BCUT2D eigenvalue weighted by Gasteiger charge is -2.28. The van der Waals surface area contributed by atoms with Gasteiger partial charge in [-0.1, -0.05) is 84.0 Å². The van der Waals surface area contributed by atoms with E-state index < -0.39 is 120 Å². The van der Waals surface area contributed by atoms with Gasteiger partial charge >= 0.3 is 11.9 Å².